The fourth-order valence-electron chi connectivity index (χ4n) is 2.80. The second-order valence-corrected chi connectivity index (χ2v) is 5.67. The molecule has 112 valence electrons. The summed E-state index contributed by atoms with van der Waals surface area (Å²) in [6.45, 7) is 4.66. The molecule has 3 N–H and O–H groups in total. The Hall–Kier alpha value is -1.90. The van der Waals surface area contributed by atoms with Crippen molar-refractivity contribution in [2.24, 2.45) is 11.7 Å². The van der Waals surface area contributed by atoms with E-state index in [1.54, 1.807) is 24.3 Å². The summed E-state index contributed by atoms with van der Waals surface area (Å²) in [5, 5.41) is 11.6. The van der Waals surface area contributed by atoms with Crippen LogP contribution < -0.4 is 11.1 Å². The Morgan fingerprint density at radius 2 is 2.19 bits per heavy atom. The van der Waals surface area contributed by atoms with Crippen LogP contribution in [-0.2, 0) is 4.79 Å². The lowest BCUT2D eigenvalue weighted by Crippen LogP contribution is -2.31. The molecule has 1 aromatic rings. The largest absolute Gasteiger partial charge is 0.330 e. The number of nitrogens with zero attached hydrogens (tertiary/aromatic N) is 2. The lowest BCUT2D eigenvalue weighted by Gasteiger charge is -2.20. The van der Waals surface area contributed by atoms with Gasteiger partial charge in [-0.3, -0.25) is 9.69 Å². The smallest absolute Gasteiger partial charge is 0.225 e. The van der Waals surface area contributed by atoms with E-state index in [0.29, 0.717) is 23.9 Å². The Kier molecular flexibility index (Phi) is 5.32. The van der Waals surface area contributed by atoms with Crippen LogP contribution in [0.1, 0.15) is 25.3 Å². The van der Waals surface area contributed by atoms with Gasteiger partial charge in [-0.05, 0) is 50.1 Å². The number of anilines is 1. The van der Waals surface area contributed by atoms with Crippen molar-refractivity contribution in [2.45, 2.75) is 25.8 Å². The number of hydrogen-bond donors (Lipinski definition) is 2. The first-order valence-corrected chi connectivity index (χ1v) is 7.36. The number of likely N-dealkylation sites (tertiary alicyclic amines) is 1. The van der Waals surface area contributed by atoms with Gasteiger partial charge in [-0.2, -0.15) is 5.26 Å². The lowest BCUT2D eigenvalue weighted by atomic mass is 10.1. The normalized spacial score (nSPS) is 22.0. The van der Waals surface area contributed by atoms with Gasteiger partial charge in [0, 0.05) is 31.2 Å². The molecular formula is C16H22N4O. The highest BCUT2D eigenvalue weighted by Gasteiger charge is 2.27. The van der Waals surface area contributed by atoms with Crippen LogP contribution >= 0.6 is 0 Å². The summed E-state index contributed by atoms with van der Waals surface area (Å²) in [4.78, 5) is 14.3. The molecule has 2 atom stereocenters. The van der Waals surface area contributed by atoms with E-state index in [9.17, 15) is 4.79 Å². The van der Waals surface area contributed by atoms with Crippen LogP contribution in [0.25, 0.3) is 0 Å². The summed E-state index contributed by atoms with van der Waals surface area (Å²) in [5.74, 6) is 0.560. The quantitative estimate of drug-likeness (QED) is 0.860. The first kappa shape index (κ1) is 15.5. The summed E-state index contributed by atoms with van der Waals surface area (Å²) >= 11 is 0. The minimum absolute atomic E-state index is 0.00288. The monoisotopic (exact) mass is 286 g/mol. The summed E-state index contributed by atoms with van der Waals surface area (Å²) in [6, 6.07) is 9.45. The Morgan fingerprint density at radius 1 is 1.48 bits per heavy atom. The average Bonchev–Trinajstić information content (AvgIpc) is 2.86. The molecule has 0 aliphatic carbocycles. The molecule has 0 aromatic heterocycles. The summed E-state index contributed by atoms with van der Waals surface area (Å²) < 4.78 is 0. The maximum absolute atomic E-state index is 12.0. The van der Waals surface area contributed by atoms with Gasteiger partial charge in [-0.15, -0.1) is 0 Å². The highest BCUT2D eigenvalue weighted by atomic mass is 16.1. The molecule has 1 amide bonds. The standard InChI is InChI=1S/C16H22N4O/c1-12-8-14(10-18)11-20(12)7-6-16(21)19-15-4-2-13(9-17)3-5-15/h2-5,12,14H,6-8,10-11,18H2,1H3,(H,19,21). The number of hydrogen-bond acceptors (Lipinski definition) is 4. The van der Waals surface area contributed by atoms with Gasteiger partial charge in [-0.25, -0.2) is 0 Å². The predicted octanol–water partition coefficient (Wildman–Crippen LogP) is 1.56. The Balaban J connectivity index is 1.78. The van der Waals surface area contributed by atoms with Gasteiger partial charge in [0.2, 0.25) is 5.91 Å². The minimum atomic E-state index is 0.00288. The Bertz CT molecular complexity index is 520. The van der Waals surface area contributed by atoms with Crippen LogP contribution in [-0.4, -0.2) is 36.5 Å². The first-order chi connectivity index (χ1) is 10.1. The molecule has 1 aliphatic rings. The van der Waals surface area contributed by atoms with Crippen LogP contribution in [0.3, 0.4) is 0 Å². The maximum Gasteiger partial charge on any atom is 0.225 e. The van der Waals surface area contributed by atoms with E-state index < -0.39 is 0 Å². The molecule has 1 aliphatic heterocycles. The van der Waals surface area contributed by atoms with Gasteiger partial charge in [0.25, 0.3) is 0 Å². The van der Waals surface area contributed by atoms with Crippen molar-refractivity contribution in [3.63, 3.8) is 0 Å². The van der Waals surface area contributed by atoms with Gasteiger partial charge in [-0.1, -0.05) is 0 Å². The molecule has 5 heteroatoms. The highest BCUT2D eigenvalue weighted by Crippen LogP contribution is 2.22. The molecule has 2 unspecified atom stereocenters. The van der Waals surface area contributed by atoms with Gasteiger partial charge < -0.3 is 11.1 Å². The van der Waals surface area contributed by atoms with Crippen molar-refractivity contribution in [1.82, 2.24) is 4.90 Å². The van der Waals surface area contributed by atoms with E-state index in [1.807, 2.05) is 0 Å². The van der Waals surface area contributed by atoms with Crippen LogP contribution in [0.5, 0.6) is 0 Å². The first-order valence-electron chi connectivity index (χ1n) is 7.36. The highest BCUT2D eigenvalue weighted by molar-refractivity contribution is 5.90. The number of amides is 1. The molecule has 0 spiro atoms. The van der Waals surface area contributed by atoms with Gasteiger partial charge in [0.05, 0.1) is 11.6 Å². The molecule has 0 bridgehead atoms. The SMILES string of the molecule is CC1CC(CN)CN1CCC(=O)Nc1ccc(C#N)cc1. The van der Waals surface area contributed by atoms with Gasteiger partial charge in [0.15, 0.2) is 0 Å². The third-order valence-corrected chi connectivity index (χ3v) is 4.05. The predicted molar refractivity (Wildman–Crippen MR) is 82.6 cm³/mol. The zero-order chi connectivity index (χ0) is 15.2. The number of nitrogens with one attached hydrogen (secondary N) is 1. The summed E-state index contributed by atoms with van der Waals surface area (Å²) in [6.07, 6.45) is 1.59. The molecule has 0 radical (unpaired) electrons. The molecule has 5 nitrogen and oxygen atoms in total. The number of rotatable bonds is 5. The van der Waals surface area contributed by atoms with Crippen LogP contribution in [0.4, 0.5) is 5.69 Å². The van der Waals surface area contributed by atoms with Crippen LogP contribution in [0.15, 0.2) is 24.3 Å². The number of nitriles is 1. The Labute approximate surface area is 125 Å². The second-order valence-electron chi connectivity index (χ2n) is 5.67. The van der Waals surface area contributed by atoms with Crippen molar-refractivity contribution in [3.8, 4) is 6.07 Å². The van der Waals surface area contributed by atoms with Crippen molar-refractivity contribution in [3.05, 3.63) is 29.8 Å². The van der Waals surface area contributed by atoms with Crippen LogP contribution in [0, 0.1) is 17.2 Å². The number of carbonyl (C=O) groups excluding carboxylic acids is 1. The topological polar surface area (TPSA) is 82.2 Å². The van der Waals surface area contributed by atoms with E-state index in [4.69, 9.17) is 11.0 Å². The van der Waals surface area contributed by atoms with Crippen molar-refractivity contribution in [1.29, 1.82) is 5.26 Å². The third-order valence-electron chi connectivity index (χ3n) is 4.05. The van der Waals surface area contributed by atoms with E-state index in [2.05, 4.69) is 23.2 Å². The molecule has 0 saturated carbocycles. The molecule has 1 heterocycles. The molecule has 1 aromatic carbocycles. The van der Waals surface area contributed by atoms with Crippen molar-refractivity contribution < 1.29 is 4.79 Å². The lowest BCUT2D eigenvalue weighted by molar-refractivity contribution is -0.116. The zero-order valence-electron chi connectivity index (χ0n) is 12.4. The summed E-state index contributed by atoms with van der Waals surface area (Å²) in [5.41, 5.74) is 7.03. The summed E-state index contributed by atoms with van der Waals surface area (Å²) in [7, 11) is 0. The Morgan fingerprint density at radius 3 is 2.76 bits per heavy atom. The minimum Gasteiger partial charge on any atom is -0.330 e. The van der Waals surface area contributed by atoms with Gasteiger partial charge >= 0.3 is 0 Å². The van der Waals surface area contributed by atoms with E-state index in [1.165, 1.54) is 0 Å². The van der Waals surface area contributed by atoms with Crippen molar-refractivity contribution in [2.75, 3.05) is 25.0 Å². The average molecular weight is 286 g/mol. The third kappa shape index (κ3) is 4.28. The van der Waals surface area contributed by atoms with E-state index in [0.717, 1.165) is 31.7 Å². The molecule has 21 heavy (non-hydrogen) atoms. The zero-order valence-corrected chi connectivity index (χ0v) is 12.4. The second kappa shape index (κ2) is 7.21. The van der Waals surface area contributed by atoms with E-state index >= 15 is 0 Å². The van der Waals surface area contributed by atoms with Crippen molar-refractivity contribution >= 4 is 11.6 Å². The number of benzene rings is 1. The number of carbonyl (C=O) groups is 1. The van der Waals surface area contributed by atoms with Crippen LogP contribution in [0.2, 0.25) is 0 Å². The fourth-order valence-corrected chi connectivity index (χ4v) is 2.80. The maximum atomic E-state index is 12.0. The van der Waals surface area contributed by atoms with Gasteiger partial charge in [0.1, 0.15) is 0 Å². The van der Waals surface area contributed by atoms with E-state index in [-0.39, 0.29) is 5.91 Å². The molecular weight excluding hydrogens is 264 g/mol. The molecule has 1 fully saturated rings. The molecule has 2 rings (SSSR count). The molecule has 1 saturated heterocycles. The number of nitrogens with two attached hydrogens (primary N) is 1. The fraction of sp³-hybridized carbons (Fsp3) is 0.500.